The summed E-state index contributed by atoms with van der Waals surface area (Å²) in [5.41, 5.74) is 2.64. The minimum atomic E-state index is -0.129. The molecule has 1 heteroatoms. The lowest BCUT2D eigenvalue weighted by atomic mass is 9.77. The number of fused-ring (bicyclic) bond motifs is 4. The van der Waals surface area contributed by atoms with E-state index in [1.807, 2.05) is 0 Å². The van der Waals surface area contributed by atoms with Crippen LogP contribution in [0.25, 0.3) is 10.8 Å². The van der Waals surface area contributed by atoms with Crippen LogP contribution in [0.4, 0.5) is 0 Å². The number of rotatable bonds is 0. The second-order valence-electron chi connectivity index (χ2n) is 5.68. The molecule has 0 heterocycles. The van der Waals surface area contributed by atoms with Crippen molar-refractivity contribution in [3.8, 4) is 0 Å². The Hall–Kier alpha value is -1.63. The third kappa shape index (κ3) is 1.14. The van der Waals surface area contributed by atoms with Crippen molar-refractivity contribution in [2.45, 2.75) is 37.5 Å². The first-order valence-corrected chi connectivity index (χ1v) is 6.86. The maximum atomic E-state index is 12.4. The molecule has 4 rings (SSSR count). The molecule has 0 unspecified atom stereocenters. The molecule has 0 radical (unpaired) electrons. The van der Waals surface area contributed by atoms with E-state index in [0.717, 1.165) is 32.1 Å². The standard InChI is InChI=1S/C17H16O/c18-15-6-3-10-17(15)11-9-13-8-7-12-4-1-2-5-14(12)16(13)17/h1-2,4-5,7-8H,3,6,9-11H2/t17-/m1/s1. The molecule has 1 saturated carbocycles. The molecule has 1 nitrogen and oxygen atoms in total. The molecule has 1 atom stereocenters. The SMILES string of the molecule is O=C1CCC[C@@]12CCc1ccc3ccccc3c12. The zero-order chi connectivity index (χ0) is 12.2. The van der Waals surface area contributed by atoms with Gasteiger partial charge in [-0.05, 0) is 47.6 Å². The minimum absolute atomic E-state index is 0.129. The van der Waals surface area contributed by atoms with Crippen LogP contribution in [0.3, 0.4) is 0 Å². The molecule has 0 aromatic heterocycles. The van der Waals surface area contributed by atoms with Gasteiger partial charge in [0.15, 0.2) is 0 Å². The van der Waals surface area contributed by atoms with Gasteiger partial charge in [-0.15, -0.1) is 0 Å². The van der Waals surface area contributed by atoms with E-state index in [-0.39, 0.29) is 5.41 Å². The second-order valence-corrected chi connectivity index (χ2v) is 5.68. The molecule has 0 bridgehead atoms. The number of benzene rings is 2. The van der Waals surface area contributed by atoms with E-state index in [9.17, 15) is 4.79 Å². The summed E-state index contributed by atoms with van der Waals surface area (Å²) in [6.07, 6.45) is 5.03. The van der Waals surface area contributed by atoms with Crippen molar-refractivity contribution in [2.24, 2.45) is 0 Å². The van der Waals surface area contributed by atoms with Gasteiger partial charge in [-0.25, -0.2) is 0 Å². The topological polar surface area (TPSA) is 17.1 Å². The van der Waals surface area contributed by atoms with Gasteiger partial charge in [-0.3, -0.25) is 4.79 Å². The van der Waals surface area contributed by atoms with Crippen molar-refractivity contribution in [3.63, 3.8) is 0 Å². The Bertz CT molecular complexity index is 656. The van der Waals surface area contributed by atoms with Gasteiger partial charge in [0.1, 0.15) is 5.78 Å². The molecule has 1 fully saturated rings. The van der Waals surface area contributed by atoms with E-state index in [1.54, 1.807) is 0 Å². The highest BCUT2D eigenvalue weighted by Crippen LogP contribution is 2.50. The lowest BCUT2D eigenvalue weighted by molar-refractivity contribution is -0.122. The summed E-state index contributed by atoms with van der Waals surface area (Å²) in [5.74, 6) is 0.484. The fourth-order valence-corrected chi connectivity index (χ4v) is 4.02. The molecular weight excluding hydrogens is 220 g/mol. The molecule has 2 aromatic rings. The van der Waals surface area contributed by atoms with Crippen molar-refractivity contribution in [1.82, 2.24) is 0 Å². The number of carbonyl (C=O) groups excluding carboxylic acids is 1. The van der Waals surface area contributed by atoms with E-state index >= 15 is 0 Å². The van der Waals surface area contributed by atoms with Crippen molar-refractivity contribution in [2.75, 3.05) is 0 Å². The van der Waals surface area contributed by atoms with Crippen LogP contribution in [0.2, 0.25) is 0 Å². The monoisotopic (exact) mass is 236 g/mol. The fraction of sp³-hybridized carbons (Fsp3) is 0.353. The summed E-state index contributed by atoms with van der Waals surface area (Å²) in [5, 5.41) is 2.58. The third-order valence-corrected chi connectivity index (χ3v) is 4.86. The molecule has 0 aliphatic heterocycles. The van der Waals surface area contributed by atoms with Crippen LogP contribution in [0.5, 0.6) is 0 Å². The van der Waals surface area contributed by atoms with Gasteiger partial charge < -0.3 is 0 Å². The summed E-state index contributed by atoms with van der Waals surface area (Å²) in [6, 6.07) is 12.9. The van der Waals surface area contributed by atoms with Crippen LogP contribution in [-0.4, -0.2) is 5.78 Å². The number of ketones is 1. The summed E-state index contributed by atoms with van der Waals surface area (Å²) >= 11 is 0. The highest BCUT2D eigenvalue weighted by atomic mass is 16.1. The molecule has 0 amide bonds. The number of Topliss-reactive ketones (excluding diaryl/α,β-unsaturated/α-hetero) is 1. The van der Waals surface area contributed by atoms with E-state index in [4.69, 9.17) is 0 Å². The van der Waals surface area contributed by atoms with Crippen molar-refractivity contribution >= 4 is 16.6 Å². The van der Waals surface area contributed by atoms with Crippen LogP contribution in [-0.2, 0) is 16.6 Å². The maximum Gasteiger partial charge on any atom is 0.143 e. The molecule has 1 spiro atoms. The zero-order valence-corrected chi connectivity index (χ0v) is 10.4. The lowest BCUT2D eigenvalue weighted by Gasteiger charge is -2.24. The Kier molecular flexibility index (Phi) is 1.97. The molecule has 2 aliphatic rings. The van der Waals surface area contributed by atoms with Gasteiger partial charge in [0.05, 0.1) is 5.41 Å². The minimum Gasteiger partial charge on any atom is -0.299 e. The van der Waals surface area contributed by atoms with Gasteiger partial charge >= 0.3 is 0 Å². The molecule has 90 valence electrons. The van der Waals surface area contributed by atoms with E-state index in [1.165, 1.54) is 21.9 Å². The van der Waals surface area contributed by atoms with Crippen molar-refractivity contribution < 1.29 is 4.79 Å². The van der Waals surface area contributed by atoms with Gasteiger partial charge in [0.25, 0.3) is 0 Å². The Morgan fingerprint density at radius 3 is 2.67 bits per heavy atom. The molecule has 2 aliphatic carbocycles. The Balaban J connectivity index is 2.08. The summed E-state index contributed by atoms with van der Waals surface area (Å²) in [6.45, 7) is 0. The zero-order valence-electron chi connectivity index (χ0n) is 10.4. The van der Waals surface area contributed by atoms with E-state index in [2.05, 4.69) is 36.4 Å². The fourth-order valence-electron chi connectivity index (χ4n) is 4.02. The first-order valence-electron chi connectivity index (χ1n) is 6.86. The number of hydrogen-bond donors (Lipinski definition) is 0. The summed E-state index contributed by atoms with van der Waals surface area (Å²) in [7, 11) is 0. The largest absolute Gasteiger partial charge is 0.299 e. The smallest absolute Gasteiger partial charge is 0.143 e. The first-order chi connectivity index (χ1) is 8.81. The molecule has 18 heavy (non-hydrogen) atoms. The second kappa shape index (κ2) is 3.44. The van der Waals surface area contributed by atoms with Gasteiger partial charge in [0, 0.05) is 6.42 Å². The van der Waals surface area contributed by atoms with Gasteiger partial charge in [0.2, 0.25) is 0 Å². The Morgan fingerprint density at radius 2 is 1.83 bits per heavy atom. The predicted octanol–water partition coefficient (Wildman–Crippen LogP) is 3.78. The van der Waals surface area contributed by atoms with Crippen LogP contribution in [0.15, 0.2) is 36.4 Å². The lowest BCUT2D eigenvalue weighted by Crippen LogP contribution is -2.28. The van der Waals surface area contributed by atoms with Gasteiger partial charge in [-0.2, -0.15) is 0 Å². The van der Waals surface area contributed by atoms with Crippen LogP contribution >= 0.6 is 0 Å². The predicted molar refractivity (Wildman–Crippen MR) is 72.8 cm³/mol. The van der Waals surface area contributed by atoms with Crippen LogP contribution < -0.4 is 0 Å². The number of carbonyl (C=O) groups is 1. The highest BCUT2D eigenvalue weighted by Gasteiger charge is 2.48. The van der Waals surface area contributed by atoms with Crippen LogP contribution in [0, 0.1) is 0 Å². The average molecular weight is 236 g/mol. The quantitative estimate of drug-likeness (QED) is 0.680. The Labute approximate surface area is 107 Å². The average Bonchev–Trinajstić information content (AvgIpc) is 2.96. The molecule has 0 saturated heterocycles. The van der Waals surface area contributed by atoms with Crippen LogP contribution in [0.1, 0.15) is 36.8 Å². The third-order valence-electron chi connectivity index (χ3n) is 4.86. The number of aryl methyl sites for hydroxylation is 1. The van der Waals surface area contributed by atoms with Crippen molar-refractivity contribution in [3.05, 3.63) is 47.5 Å². The molecule has 2 aromatic carbocycles. The molecule has 0 N–H and O–H groups in total. The summed E-state index contributed by atoms with van der Waals surface area (Å²) < 4.78 is 0. The van der Waals surface area contributed by atoms with Gasteiger partial charge in [-0.1, -0.05) is 36.4 Å². The normalized spacial score (nSPS) is 26.1. The number of hydrogen-bond acceptors (Lipinski definition) is 1. The summed E-state index contributed by atoms with van der Waals surface area (Å²) in [4.78, 5) is 12.4. The van der Waals surface area contributed by atoms with E-state index < -0.39 is 0 Å². The van der Waals surface area contributed by atoms with Crippen molar-refractivity contribution in [1.29, 1.82) is 0 Å². The maximum absolute atomic E-state index is 12.4. The Morgan fingerprint density at radius 1 is 0.944 bits per heavy atom. The highest BCUT2D eigenvalue weighted by molar-refractivity contribution is 6.00. The first kappa shape index (κ1) is 10.3. The van der Waals surface area contributed by atoms with E-state index in [0.29, 0.717) is 5.78 Å². The molecular formula is C17H16O.